The zero-order valence-electron chi connectivity index (χ0n) is 18.3. The van der Waals surface area contributed by atoms with Gasteiger partial charge in [0.15, 0.2) is 0 Å². The fraction of sp³-hybridized carbons (Fsp3) is 0.458. The highest BCUT2D eigenvalue weighted by Crippen LogP contribution is 2.29. The van der Waals surface area contributed by atoms with Crippen LogP contribution in [-0.2, 0) is 0 Å². The van der Waals surface area contributed by atoms with Crippen molar-refractivity contribution in [3.8, 4) is 11.3 Å². The van der Waals surface area contributed by atoms with E-state index in [1.807, 2.05) is 24.9 Å². The molecule has 1 atom stereocenters. The summed E-state index contributed by atoms with van der Waals surface area (Å²) in [5, 5.41) is 0. The van der Waals surface area contributed by atoms with Gasteiger partial charge >= 0.3 is 0 Å². The maximum atomic E-state index is 4.70. The molecule has 0 unspecified atom stereocenters. The summed E-state index contributed by atoms with van der Waals surface area (Å²) in [6.45, 7) is 5.40. The highest BCUT2D eigenvalue weighted by molar-refractivity contribution is 5.58. The average molecular weight is 405 g/mol. The first-order chi connectivity index (χ1) is 14.6. The average Bonchev–Trinajstić information content (AvgIpc) is 3.25. The summed E-state index contributed by atoms with van der Waals surface area (Å²) >= 11 is 0. The van der Waals surface area contributed by atoms with Crippen LogP contribution >= 0.6 is 0 Å². The normalized spacial score (nSPS) is 16.2. The Hall–Kier alpha value is -2.73. The molecular formula is C24H32N6. The lowest BCUT2D eigenvalue weighted by Crippen LogP contribution is -2.34. The van der Waals surface area contributed by atoms with Gasteiger partial charge in [-0.1, -0.05) is 37.3 Å². The van der Waals surface area contributed by atoms with E-state index in [2.05, 4.69) is 70.7 Å². The second kappa shape index (κ2) is 9.39. The summed E-state index contributed by atoms with van der Waals surface area (Å²) in [4.78, 5) is 18.4. The SMILES string of the molecule is CC1CCN(c2ncc(-c3cncn3[C@H](CCN(C)C)c3ccccc3)cn2)CC1. The third kappa shape index (κ3) is 4.70. The quantitative estimate of drug-likeness (QED) is 0.593. The Morgan fingerprint density at radius 2 is 1.73 bits per heavy atom. The summed E-state index contributed by atoms with van der Waals surface area (Å²) in [6, 6.07) is 10.9. The van der Waals surface area contributed by atoms with Crippen molar-refractivity contribution in [1.82, 2.24) is 24.4 Å². The van der Waals surface area contributed by atoms with Crippen molar-refractivity contribution in [1.29, 1.82) is 0 Å². The van der Waals surface area contributed by atoms with Gasteiger partial charge in [-0.05, 0) is 51.4 Å². The maximum absolute atomic E-state index is 4.70. The van der Waals surface area contributed by atoms with Gasteiger partial charge in [-0.15, -0.1) is 0 Å². The molecule has 0 saturated carbocycles. The van der Waals surface area contributed by atoms with Gasteiger partial charge in [-0.3, -0.25) is 0 Å². The Morgan fingerprint density at radius 1 is 1.03 bits per heavy atom. The Kier molecular flexibility index (Phi) is 6.43. The number of rotatable bonds is 7. The van der Waals surface area contributed by atoms with Gasteiger partial charge in [0.25, 0.3) is 0 Å². The second-order valence-electron chi connectivity index (χ2n) is 8.65. The lowest BCUT2D eigenvalue weighted by Gasteiger charge is -2.30. The predicted octanol–water partition coefficient (Wildman–Crippen LogP) is 4.12. The van der Waals surface area contributed by atoms with Crippen LogP contribution in [0.25, 0.3) is 11.3 Å². The van der Waals surface area contributed by atoms with E-state index in [-0.39, 0.29) is 6.04 Å². The number of piperidine rings is 1. The fourth-order valence-corrected chi connectivity index (χ4v) is 4.12. The molecule has 6 heteroatoms. The molecule has 0 amide bonds. The molecule has 3 aromatic rings. The standard InChI is InChI=1S/C24H32N6/c1-19-9-13-29(14-10-19)24-26-15-21(16-27-24)23-17-25-18-30(23)22(11-12-28(2)3)20-7-5-4-6-8-20/h4-8,15-19,22H,9-14H2,1-3H3/t22-/m1/s1. The fourth-order valence-electron chi connectivity index (χ4n) is 4.12. The lowest BCUT2D eigenvalue weighted by atomic mass is 10.00. The molecule has 1 aliphatic rings. The highest BCUT2D eigenvalue weighted by atomic mass is 15.2. The Morgan fingerprint density at radius 3 is 2.40 bits per heavy atom. The van der Waals surface area contributed by atoms with Gasteiger partial charge in [0.2, 0.25) is 5.95 Å². The monoisotopic (exact) mass is 404 g/mol. The van der Waals surface area contributed by atoms with Crippen LogP contribution in [0.2, 0.25) is 0 Å². The number of nitrogens with zero attached hydrogens (tertiary/aromatic N) is 6. The summed E-state index contributed by atoms with van der Waals surface area (Å²) in [5.74, 6) is 1.64. The van der Waals surface area contributed by atoms with Crippen LogP contribution < -0.4 is 4.90 Å². The Bertz CT molecular complexity index is 910. The first-order valence-corrected chi connectivity index (χ1v) is 10.9. The molecule has 0 N–H and O–H groups in total. The van der Waals surface area contributed by atoms with E-state index in [1.165, 1.54) is 18.4 Å². The van der Waals surface area contributed by atoms with Gasteiger partial charge in [0, 0.05) is 31.0 Å². The summed E-state index contributed by atoms with van der Waals surface area (Å²) < 4.78 is 2.26. The van der Waals surface area contributed by atoms with Gasteiger partial charge in [0.1, 0.15) is 0 Å². The lowest BCUT2D eigenvalue weighted by molar-refractivity contribution is 0.367. The van der Waals surface area contributed by atoms with Gasteiger partial charge in [-0.2, -0.15) is 0 Å². The number of benzene rings is 1. The van der Waals surface area contributed by atoms with Crippen molar-refractivity contribution in [2.75, 3.05) is 38.6 Å². The summed E-state index contributed by atoms with van der Waals surface area (Å²) in [5.41, 5.74) is 3.35. The molecule has 4 rings (SSSR count). The number of hydrogen-bond donors (Lipinski definition) is 0. The minimum Gasteiger partial charge on any atom is -0.341 e. The molecule has 0 spiro atoms. The van der Waals surface area contributed by atoms with E-state index < -0.39 is 0 Å². The van der Waals surface area contributed by atoms with Crippen molar-refractivity contribution in [3.05, 3.63) is 60.8 Å². The van der Waals surface area contributed by atoms with Crippen LogP contribution in [0.1, 0.15) is 37.8 Å². The summed E-state index contributed by atoms with van der Waals surface area (Å²) in [7, 11) is 4.23. The van der Waals surface area contributed by atoms with E-state index in [1.54, 1.807) is 0 Å². The van der Waals surface area contributed by atoms with Crippen molar-refractivity contribution in [3.63, 3.8) is 0 Å². The molecule has 0 radical (unpaired) electrons. The molecular weight excluding hydrogens is 372 g/mol. The van der Waals surface area contributed by atoms with Crippen LogP contribution in [0.15, 0.2) is 55.2 Å². The summed E-state index contributed by atoms with van der Waals surface area (Å²) in [6.07, 6.45) is 11.2. The van der Waals surface area contributed by atoms with Gasteiger partial charge in [0.05, 0.1) is 24.3 Å². The number of aromatic nitrogens is 4. The Balaban J connectivity index is 1.59. The molecule has 1 fully saturated rings. The molecule has 1 aromatic carbocycles. The zero-order chi connectivity index (χ0) is 20.9. The van der Waals surface area contributed by atoms with Gasteiger partial charge in [-0.25, -0.2) is 15.0 Å². The van der Waals surface area contributed by atoms with Crippen LogP contribution in [0, 0.1) is 5.92 Å². The minimum atomic E-state index is 0.217. The minimum absolute atomic E-state index is 0.217. The molecule has 30 heavy (non-hydrogen) atoms. The van der Waals surface area contributed by atoms with Crippen molar-refractivity contribution < 1.29 is 0 Å². The Labute approximate surface area is 179 Å². The molecule has 0 aliphatic carbocycles. The zero-order valence-corrected chi connectivity index (χ0v) is 18.3. The maximum Gasteiger partial charge on any atom is 0.225 e. The molecule has 158 valence electrons. The second-order valence-corrected chi connectivity index (χ2v) is 8.65. The largest absolute Gasteiger partial charge is 0.341 e. The molecule has 6 nitrogen and oxygen atoms in total. The highest BCUT2D eigenvalue weighted by Gasteiger charge is 2.20. The molecule has 1 saturated heterocycles. The van der Waals surface area contributed by atoms with Crippen molar-refractivity contribution in [2.45, 2.75) is 32.2 Å². The molecule has 0 bridgehead atoms. The smallest absolute Gasteiger partial charge is 0.225 e. The van der Waals surface area contributed by atoms with E-state index in [9.17, 15) is 0 Å². The third-order valence-corrected chi connectivity index (χ3v) is 6.04. The van der Waals surface area contributed by atoms with Crippen LogP contribution in [-0.4, -0.2) is 58.1 Å². The van der Waals surface area contributed by atoms with Crippen molar-refractivity contribution in [2.24, 2.45) is 5.92 Å². The number of anilines is 1. The van der Waals surface area contributed by atoms with E-state index in [0.29, 0.717) is 0 Å². The number of imidazole rings is 1. The molecule has 3 heterocycles. The van der Waals surface area contributed by atoms with E-state index in [4.69, 9.17) is 9.97 Å². The molecule has 1 aliphatic heterocycles. The predicted molar refractivity (Wildman–Crippen MR) is 122 cm³/mol. The topological polar surface area (TPSA) is 50.1 Å². The van der Waals surface area contributed by atoms with E-state index >= 15 is 0 Å². The van der Waals surface area contributed by atoms with Crippen LogP contribution in [0.4, 0.5) is 5.95 Å². The molecule has 2 aromatic heterocycles. The van der Waals surface area contributed by atoms with Gasteiger partial charge < -0.3 is 14.4 Å². The van der Waals surface area contributed by atoms with Crippen LogP contribution in [0.3, 0.4) is 0 Å². The van der Waals surface area contributed by atoms with Crippen molar-refractivity contribution >= 4 is 5.95 Å². The third-order valence-electron chi connectivity index (χ3n) is 6.04. The number of hydrogen-bond acceptors (Lipinski definition) is 5. The van der Waals surface area contributed by atoms with Crippen LogP contribution in [0.5, 0.6) is 0 Å². The first kappa shape index (κ1) is 20.5. The van der Waals surface area contributed by atoms with E-state index in [0.717, 1.165) is 49.2 Å². The first-order valence-electron chi connectivity index (χ1n) is 10.9.